The number of oxime groups is 1. The lowest BCUT2D eigenvalue weighted by Crippen LogP contribution is -2.19. The largest absolute Gasteiger partial charge is 0.409 e. The molecule has 0 heterocycles. The second-order valence-electron chi connectivity index (χ2n) is 4.15. The molecule has 0 radical (unpaired) electrons. The van der Waals surface area contributed by atoms with Gasteiger partial charge in [-0.2, -0.15) is 0 Å². The lowest BCUT2D eigenvalue weighted by Gasteiger charge is -2.08. The Morgan fingerprint density at radius 2 is 2.22 bits per heavy atom. The van der Waals surface area contributed by atoms with Crippen molar-refractivity contribution in [3.63, 3.8) is 0 Å². The lowest BCUT2D eigenvalue weighted by atomic mass is 10.1. The van der Waals surface area contributed by atoms with Crippen molar-refractivity contribution < 1.29 is 9.60 Å². The zero-order valence-electron chi connectivity index (χ0n) is 10.6. The number of halogens is 1. The number of benzene rings is 1. The van der Waals surface area contributed by atoms with Crippen LogP contribution in [0.25, 0.3) is 0 Å². The summed E-state index contributed by atoms with van der Waals surface area (Å²) in [5, 5.41) is 14.6. The van der Waals surface area contributed by atoms with Gasteiger partial charge in [-0.05, 0) is 19.0 Å². The summed E-state index contributed by atoms with van der Waals surface area (Å²) < 4.78 is 14.0. The molecule has 1 aromatic carbocycles. The number of hydrogen-bond acceptors (Lipinski definition) is 3. The van der Waals surface area contributed by atoms with Crippen LogP contribution in [0.4, 0.5) is 4.39 Å². The van der Waals surface area contributed by atoms with Crippen molar-refractivity contribution in [2.45, 2.75) is 32.7 Å². The SMILES string of the molecule is CCCCCNCc1cccc(/C(N)=N/O)c1F. The van der Waals surface area contributed by atoms with E-state index >= 15 is 0 Å². The van der Waals surface area contributed by atoms with Gasteiger partial charge < -0.3 is 16.3 Å². The van der Waals surface area contributed by atoms with Crippen molar-refractivity contribution >= 4 is 5.84 Å². The molecule has 0 saturated carbocycles. The van der Waals surface area contributed by atoms with Crippen LogP contribution in [0.5, 0.6) is 0 Å². The number of nitrogens with one attached hydrogen (secondary N) is 1. The highest BCUT2D eigenvalue weighted by molar-refractivity contribution is 5.97. The molecule has 0 aromatic heterocycles. The highest BCUT2D eigenvalue weighted by atomic mass is 19.1. The van der Waals surface area contributed by atoms with Crippen LogP contribution in [0.1, 0.15) is 37.3 Å². The van der Waals surface area contributed by atoms with Crippen molar-refractivity contribution in [3.05, 3.63) is 35.1 Å². The first kappa shape index (κ1) is 14.4. The zero-order chi connectivity index (χ0) is 13.4. The fourth-order valence-corrected chi connectivity index (χ4v) is 1.69. The van der Waals surface area contributed by atoms with Gasteiger partial charge in [-0.25, -0.2) is 4.39 Å². The van der Waals surface area contributed by atoms with E-state index < -0.39 is 5.82 Å². The Hall–Kier alpha value is -1.62. The topological polar surface area (TPSA) is 70.6 Å². The summed E-state index contributed by atoms with van der Waals surface area (Å²) in [4.78, 5) is 0. The fourth-order valence-electron chi connectivity index (χ4n) is 1.69. The van der Waals surface area contributed by atoms with Gasteiger partial charge in [0.05, 0.1) is 5.56 Å². The van der Waals surface area contributed by atoms with Gasteiger partial charge in [0.2, 0.25) is 0 Å². The van der Waals surface area contributed by atoms with E-state index in [9.17, 15) is 4.39 Å². The molecule has 0 aliphatic heterocycles. The molecule has 0 spiro atoms. The molecule has 0 saturated heterocycles. The lowest BCUT2D eigenvalue weighted by molar-refractivity contribution is 0.318. The molecule has 0 atom stereocenters. The van der Waals surface area contributed by atoms with E-state index in [0.717, 1.165) is 19.4 Å². The highest BCUT2D eigenvalue weighted by Crippen LogP contribution is 2.12. The second-order valence-corrected chi connectivity index (χ2v) is 4.15. The van der Waals surface area contributed by atoms with Crippen molar-refractivity contribution in [1.29, 1.82) is 0 Å². The third-order valence-corrected chi connectivity index (χ3v) is 2.73. The van der Waals surface area contributed by atoms with Crippen molar-refractivity contribution in [2.75, 3.05) is 6.54 Å². The van der Waals surface area contributed by atoms with Crippen LogP contribution < -0.4 is 11.1 Å². The molecule has 0 aliphatic rings. The quantitative estimate of drug-likeness (QED) is 0.229. The van der Waals surface area contributed by atoms with Crippen molar-refractivity contribution in [2.24, 2.45) is 10.9 Å². The second kappa shape index (κ2) is 7.66. The first-order valence-electron chi connectivity index (χ1n) is 6.16. The molecule has 0 fully saturated rings. The van der Waals surface area contributed by atoms with Gasteiger partial charge in [0.1, 0.15) is 5.82 Å². The van der Waals surface area contributed by atoms with Gasteiger partial charge in [0.15, 0.2) is 5.84 Å². The fraction of sp³-hybridized carbons (Fsp3) is 0.462. The van der Waals surface area contributed by atoms with Crippen molar-refractivity contribution in [1.82, 2.24) is 5.32 Å². The monoisotopic (exact) mass is 253 g/mol. The maximum atomic E-state index is 14.0. The summed E-state index contributed by atoms with van der Waals surface area (Å²) >= 11 is 0. The predicted octanol–water partition coefficient (Wildman–Crippen LogP) is 2.20. The van der Waals surface area contributed by atoms with Crippen LogP contribution in [-0.4, -0.2) is 17.6 Å². The number of amidine groups is 1. The van der Waals surface area contributed by atoms with Gasteiger partial charge in [0, 0.05) is 12.1 Å². The highest BCUT2D eigenvalue weighted by Gasteiger charge is 2.10. The van der Waals surface area contributed by atoms with E-state index in [4.69, 9.17) is 10.9 Å². The van der Waals surface area contributed by atoms with Crippen LogP contribution in [-0.2, 0) is 6.54 Å². The van der Waals surface area contributed by atoms with E-state index in [1.165, 1.54) is 12.5 Å². The van der Waals surface area contributed by atoms with Crippen molar-refractivity contribution in [3.8, 4) is 0 Å². The Kier molecular flexibility index (Phi) is 6.14. The molecule has 4 N–H and O–H groups in total. The molecular weight excluding hydrogens is 233 g/mol. The summed E-state index contributed by atoms with van der Waals surface area (Å²) in [5.74, 6) is -0.642. The Balaban J connectivity index is 2.61. The summed E-state index contributed by atoms with van der Waals surface area (Å²) in [6, 6.07) is 4.88. The molecule has 100 valence electrons. The molecule has 0 aliphatic carbocycles. The molecule has 1 rings (SSSR count). The zero-order valence-corrected chi connectivity index (χ0v) is 10.6. The average Bonchev–Trinajstić information content (AvgIpc) is 2.39. The summed E-state index contributed by atoms with van der Waals surface area (Å²) in [6.45, 7) is 3.45. The Morgan fingerprint density at radius 3 is 2.89 bits per heavy atom. The van der Waals surface area contributed by atoms with Crippen LogP contribution in [0.3, 0.4) is 0 Å². The minimum absolute atomic E-state index is 0.130. The molecule has 0 unspecified atom stereocenters. The number of unbranched alkanes of at least 4 members (excludes halogenated alkanes) is 2. The van der Waals surface area contributed by atoms with E-state index in [2.05, 4.69) is 17.4 Å². The Bertz CT molecular complexity index is 407. The predicted molar refractivity (Wildman–Crippen MR) is 70.1 cm³/mol. The maximum absolute atomic E-state index is 14.0. The van der Waals surface area contributed by atoms with Gasteiger partial charge in [-0.3, -0.25) is 0 Å². The molecule has 4 nitrogen and oxygen atoms in total. The van der Waals surface area contributed by atoms with Gasteiger partial charge in [-0.1, -0.05) is 37.1 Å². The molecule has 1 aromatic rings. The van der Waals surface area contributed by atoms with Gasteiger partial charge in [-0.15, -0.1) is 0 Å². The van der Waals surface area contributed by atoms with Crippen LogP contribution >= 0.6 is 0 Å². The third-order valence-electron chi connectivity index (χ3n) is 2.73. The first-order valence-corrected chi connectivity index (χ1v) is 6.16. The molecule has 5 heteroatoms. The minimum Gasteiger partial charge on any atom is -0.409 e. The molecule has 0 bridgehead atoms. The first-order chi connectivity index (χ1) is 8.70. The van der Waals surface area contributed by atoms with E-state index in [0.29, 0.717) is 12.1 Å². The smallest absolute Gasteiger partial charge is 0.173 e. The normalized spacial score (nSPS) is 11.8. The molecular formula is C13H20FN3O. The number of nitrogens with zero attached hydrogens (tertiary/aromatic N) is 1. The number of nitrogens with two attached hydrogens (primary N) is 1. The standard InChI is InChI=1S/C13H20FN3O/c1-2-3-4-8-16-9-10-6-5-7-11(12(10)14)13(15)17-18/h5-7,16,18H,2-4,8-9H2,1H3,(H2,15,17). The van der Waals surface area contributed by atoms with E-state index in [1.54, 1.807) is 12.1 Å². The van der Waals surface area contributed by atoms with Gasteiger partial charge >= 0.3 is 0 Å². The summed E-state index contributed by atoms with van der Waals surface area (Å²) in [5.41, 5.74) is 6.05. The summed E-state index contributed by atoms with van der Waals surface area (Å²) in [6.07, 6.45) is 3.41. The van der Waals surface area contributed by atoms with Crippen LogP contribution in [0.15, 0.2) is 23.4 Å². The summed E-state index contributed by atoms with van der Waals surface area (Å²) in [7, 11) is 0. The van der Waals surface area contributed by atoms with E-state index in [1.807, 2.05) is 0 Å². The Morgan fingerprint density at radius 1 is 1.44 bits per heavy atom. The molecule has 0 amide bonds. The average molecular weight is 253 g/mol. The number of hydrogen-bond donors (Lipinski definition) is 3. The minimum atomic E-state index is -0.434. The van der Waals surface area contributed by atoms with Crippen LogP contribution in [0, 0.1) is 5.82 Å². The third kappa shape index (κ3) is 4.00. The van der Waals surface area contributed by atoms with E-state index in [-0.39, 0.29) is 11.4 Å². The van der Waals surface area contributed by atoms with Crippen LogP contribution in [0.2, 0.25) is 0 Å². The maximum Gasteiger partial charge on any atom is 0.173 e. The molecule has 18 heavy (non-hydrogen) atoms. The van der Waals surface area contributed by atoms with Gasteiger partial charge in [0.25, 0.3) is 0 Å². The number of rotatable bonds is 7. The Labute approximate surface area is 107 Å².